The molecule has 0 aliphatic rings. The lowest BCUT2D eigenvalue weighted by molar-refractivity contribution is 0.0474. The lowest BCUT2D eigenvalue weighted by atomic mass is 10.1. The molecule has 0 fully saturated rings. The largest absolute Gasteiger partial charge is 0.454 e. The van der Waals surface area contributed by atoms with Crippen molar-refractivity contribution in [2.24, 2.45) is 5.14 Å². The number of ketones is 1. The summed E-state index contributed by atoms with van der Waals surface area (Å²) >= 11 is 5.73. The lowest BCUT2D eigenvalue weighted by Crippen LogP contribution is -2.16. The van der Waals surface area contributed by atoms with E-state index in [1.165, 1.54) is 12.1 Å². The normalized spacial score (nSPS) is 11.0. The van der Waals surface area contributed by atoms with Crippen molar-refractivity contribution in [2.75, 3.05) is 6.61 Å². The topological polar surface area (TPSA) is 104 Å². The van der Waals surface area contributed by atoms with Gasteiger partial charge in [-0.1, -0.05) is 41.9 Å². The van der Waals surface area contributed by atoms with Crippen molar-refractivity contribution in [3.63, 3.8) is 0 Å². The molecule has 6 nitrogen and oxygen atoms in total. The first-order valence-electron chi connectivity index (χ1n) is 6.37. The number of sulfonamides is 1. The van der Waals surface area contributed by atoms with Crippen molar-refractivity contribution >= 4 is 33.4 Å². The highest BCUT2D eigenvalue weighted by molar-refractivity contribution is 7.89. The third kappa shape index (κ3) is 4.38. The maximum Gasteiger partial charge on any atom is 0.338 e. The predicted octanol–water partition coefficient (Wildman–Crippen LogP) is 2.03. The molecule has 0 spiro atoms. The van der Waals surface area contributed by atoms with E-state index in [-0.39, 0.29) is 21.3 Å². The summed E-state index contributed by atoms with van der Waals surface area (Å²) < 4.78 is 27.6. The van der Waals surface area contributed by atoms with Crippen LogP contribution in [0.15, 0.2) is 53.4 Å². The number of hydrogen-bond donors (Lipinski definition) is 1. The Morgan fingerprint density at radius 1 is 1.04 bits per heavy atom. The predicted molar refractivity (Wildman–Crippen MR) is 83.9 cm³/mol. The fourth-order valence-electron chi connectivity index (χ4n) is 1.77. The van der Waals surface area contributed by atoms with Crippen LogP contribution in [0.2, 0.25) is 5.02 Å². The summed E-state index contributed by atoms with van der Waals surface area (Å²) in [5.74, 6) is -1.23. The molecule has 2 aromatic carbocycles. The standard InChI is InChI=1S/C15H12ClNO5S/c16-12-7-6-11(8-14(12)23(17,20)21)15(19)22-9-13(18)10-4-2-1-3-5-10/h1-8H,9H2,(H2,17,20,21). The first-order chi connectivity index (χ1) is 10.8. The van der Waals surface area contributed by atoms with E-state index in [9.17, 15) is 18.0 Å². The average molecular weight is 354 g/mol. The molecule has 0 aliphatic heterocycles. The van der Waals surface area contributed by atoms with Gasteiger partial charge in [0, 0.05) is 5.56 Å². The van der Waals surface area contributed by atoms with Crippen molar-refractivity contribution in [2.45, 2.75) is 4.90 Å². The first-order valence-corrected chi connectivity index (χ1v) is 8.29. The second-order valence-corrected chi connectivity index (χ2v) is 6.49. The SMILES string of the molecule is NS(=O)(=O)c1cc(C(=O)OCC(=O)c2ccccc2)ccc1Cl. The quantitative estimate of drug-likeness (QED) is 0.654. The van der Waals surface area contributed by atoms with E-state index < -0.39 is 22.6 Å². The highest BCUT2D eigenvalue weighted by Gasteiger charge is 2.18. The molecule has 0 saturated carbocycles. The summed E-state index contributed by atoms with van der Waals surface area (Å²) in [6.45, 7) is -0.462. The van der Waals surface area contributed by atoms with Crippen LogP contribution in [-0.4, -0.2) is 26.8 Å². The zero-order valence-corrected chi connectivity index (χ0v) is 13.3. The summed E-state index contributed by atoms with van der Waals surface area (Å²) in [7, 11) is -4.07. The number of benzene rings is 2. The average Bonchev–Trinajstić information content (AvgIpc) is 2.52. The van der Waals surface area contributed by atoms with Gasteiger partial charge in [0.25, 0.3) is 0 Å². The Bertz CT molecular complexity index is 849. The Labute approximate surface area is 137 Å². The van der Waals surface area contributed by atoms with E-state index in [4.69, 9.17) is 21.5 Å². The van der Waals surface area contributed by atoms with Crippen molar-refractivity contribution in [3.8, 4) is 0 Å². The fourth-order valence-corrected chi connectivity index (χ4v) is 2.84. The number of hydrogen-bond acceptors (Lipinski definition) is 5. The molecule has 2 aromatic rings. The zero-order valence-electron chi connectivity index (χ0n) is 11.7. The maximum atomic E-state index is 11.9. The van der Waals surface area contributed by atoms with Gasteiger partial charge in [-0.3, -0.25) is 4.79 Å². The van der Waals surface area contributed by atoms with Crippen molar-refractivity contribution < 1.29 is 22.7 Å². The smallest absolute Gasteiger partial charge is 0.338 e. The summed E-state index contributed by atoms with van der Waals surface area (Å²) in [6, 6.07) is 11.8. The zero-order chi connectivity index (χ0) is 17.0. The Kier molecular flexibility index (Phi) is 5.15. The molecule has 0 saturated heterocycles. The van der Waals surface area contributed by atoms with Gasteiger partial charge in [0.2, 0.25) is 10.0 Å². The molecule has 8 heteroatoms. The van der Waals surface area contributed by atoms with Gasteiger partial charge in [-0.05, 0) is 18.2 Å². The molecule has 0 bridgehead atoms. The molecule has 2 rings (SSSR count). The van der Waals surface area contributed by atoms with Crippen LogP contribution in [0.25, 0.3) is 0 Å². The van der Waals surface area contributed by atoms with Crippen molar-refractivity contribution in [3.05, 3.63) is 64.7 Å². The monoisotopic (exact) mass is 353 g/mol. The summed E-state index contributed by atoms with van der Waals surface area (Å²) in [4.78, 5) is 23.4. The number of nitrogens with two attached hydrogens (primary N) is 1. The van der Waals surface area contributed by atoms with E-state index in [0.29, 0.717) is 5.56 Å². The van der Waals surface area contributed by atoms with Crippen LogP contribution in [0.3, 0.4) is 0 Å². The van der Waals surface area contributed by atoms with Crippen LogP contribution in [0.4, 0.5) is 0 Å². The van der Waals surface area contributed by atoms with Crippen molar-refractivity contribution in [1.82, 2.24) is 0 Å². The second-order valence-electron chi connectivity index (χ2n) is 4.56. The van der Waals surface area contributed by atoms with Gasteiger partial charge in [-0.15, -0.1) is 0 Å². The van der Waals surface area contributed by atoms with Gasteiger partial charge in [0.1, 0.15) is 4.90 Å². The molecular formula is C15H12ClNO5S. The summed E-state index contributed by atoms with van der Waals surface area (Å²) in [5.41, 5.74) is 0.334. The Hall–Kier alpha value is -2.22. The van der Waals surface area contributed by atoms with Gasteiger partial charge >= 0.3 is 5.97 Å². The van der Waals surface area contributed by atoms with E-state index in [0.717, 1.165) is 6.07 Å². The number of rotatable bonds is 5. The molecule has 0 aliphatic carbocycles. The molecule has 23 heavy (non-hydrogen) atoms. The number of primary sulfonamides is 1. The van der Waals surface area contributed by atoms with Crippen LogP contribution in [-0.2, 0) is 14.8 Å². The Morgan fingerprint density at radius 3 is 2.30 bits per heavy atom. The van der Waals surface area contributed by atoms with Gasteiger partial charge in [-0.25, -0.2) is 18.4 Å². The molecule has 0 atom stereocenters. The number of Topliss-reactive ketones (excluding diaryl/α,β-unsaturated/α-hetero) is 1. The van der Waals surface area contributed by atoms with E-state index in [1.807, 2.05) is 0 Å². The first kappa shape index (κ1) is 17.1. The Morgan fingerprint density at radius 2 is 1.70 bits per heavy atom. The minimum absolute atomic E-state index is 0.0701. The highest BCUT2D eigenvalue weighted by atomic mass is 35.5. The van der Waals surface area contributed by atoms with Gasteiger partial charge < -0.3 is 4.74 Å². The van der Waals surface area contributed by atoms with Gasteiger partial charge in [-0.2, -0.15) is 0 Å². The summed E-state index contributed by atoms with van der Waals surface area (Å²) in [6.07, 6.45) is 0. The van der Waals surface area contributed by atoms with E-state index in [1.54, 1.807) is 30.3 Å². The maximum absolute atomic E-state index is 11.9. The number of ether oxygens (including phenoxy) is 1. The number of esters is 1. The fraction of sp³-hybridized carbons (Fsp3) is 0.0667. The summed E-state index contributed by atoms with van der Waals surface area (Å²) in [5, 5.41) is 4.90. The molecule has 0 heterocycles. The highest BCUT2D eigenvalue weighted by Crippen LogP contribution is 2.21. The minimum atomic E-state index is -4.07. The molecular weight excluding hydrogens is 342 g/mol. The Balaban J connectivity index is 2.11. The second kappa shape index (κ2) is 6.91. The molecule has 0 unspecified atom stereocenters. The van der Waals surface area contributed by atoms with Crippen LogP contribution in [0.1, 0.15) is 20.7 Å². The van der Waals surface area contributed by atoms with Crippen LogP contribution in [0.5, 0.6) is 0 Å². The van der Waals surface area contributed by atoms with Crippen LogP contribution in [0, 0.1) is 0 Å². The molecule has 0 amide bonds. The third-order valence-corrected chi connectivity index (χ3v) is 4.30. The van der Waals surface area contributed by atoms with Gasteiger partial charge in [0.15, 0.2) is 12.4 Å². The van der Waals surface area contributed by atoms with Crippen molar-refractivity contribution in [1.29, 1.82) is 0 Å². The molecule has 0 radical (unpaired) electrons. The molecule has 120 valence electrons. The number of carbonyl (C=O) groups is 2. The van der Waals surface area contributed by atoms with E-state index in [2.05, 4.69) is 0 Å². The van der Waals surface area contributed by atoms with Gasteiger partial charge in [0.05, 0.1) is 10.6 Å². The van der Waals surface area contributed by atoms with Crippen LogP contribution < -0.4 is 5.14 Å². The number of carbonyl (C=O) groups excluding carboxylic acids is 2. The minimum Gasteiger partial charge on any atom is -0.454 e. The third-order valence-electron chi connectivity index (χ3n) is 2.90. The molecule has 0 aromatic heterocycles. The van der Waals surface area contributed by atoms with E-state index >= 15 is 0 Å². The lowest BCUT2D eigenvalue weighted by Gasteiger charge is -2.07. The molecule has 2 N–H and O–H groups in total. The van der Waals surface area contributed by atoms with Crippen LogP contribution >= 0.6 is 11.6 Å². The number of halogens is 1.